The summed E-state index contributed by atoms with van der Waals surface area (Å²) in [4.78, 5) is 0. The molecule has 0 nitrogen and oxygen atoms in total. The summed E-state index contributed by atoms with van der Waals surface area (Å²) in [7, 11) is 0. The highest BCUT2D eigenvalue weighted by Gasteiger charge is 2.00. The number of hydrogen-bond acceptors (Lipinski definition) is 0. The quantitative estimate of drug-likeness (QED) is 0.432. The van der Waals surface area contributed by atoms with E-state index in [0.717, 1.165) is 5.92 Å². The zero-order chi connectivity index (χ0) is 5.11. The molecule has 39 valence electrons. The molecule has 1 atom stereocenters. The van der Waals surface area contributed by atoms with Gasteiger partial charge in [-0.2, -0.15) is 0 Å². The van der Waals surface area contributed by atoms with E-state index in [1.807, 2.05) is 0 Å². The summed E-state index contributed by atoms with van der Waals surface area (Å²) >= 11 is 0. The molecule has 0 bridgehead atoms. The van der Waals surface area contributed by atoms with Gasteiger partial charge in [0.1, 0.15) is 0 Å². The molecule has 0 N–H and O–H groups in total. The molecule has 1 radical (unpaired) electrons. The van der Waals surface area contributed by atoms with Crippen molar-refractivity contribution in [3.63, 3.8) is 0 Å². The first-order chi connectivity index (χ1) is 3.39. The third-order valence-electron chi connectivity index (χ3n) is 1.45. The van der Waals surface area contributed by atoms with Crippen molar-refractivity contribution in [1.82, 2.24) is 0 Å². The van der Waals surface area contributed by atoms with Crippen molar-refractivity contribution in [3.05, 3.63) is 12.2 Å². The van der Waals surface area contributed by atoms with Crippen LogP contribution in [0.3, 0.4) is 0 Å². The van der Waals surface area contributed by atoms with Gasteiger partial charge in [0, 0.05) is 0 Å². The Labute approximate surface area is 45.2 Å². The van der Waals surface area contributed by atoms with E-state index < -0.39 is 0 Å². The topological polar surface area (TPSA) is 0 Å². The lowest BCUT2D eigenvalue weighted by atomic mass is 9.97. The van der Waals surface area contributed by atoms with Crippen LogP contribution < -0.4 is 0 Å². The standard InChI is InChI=1S/C7H11/c1-7-5-3-2-4-6-7/h3,7H,4-6H2,1H3/t7-/m0/s1. The Morgan fingerprint density at radius 3 is 2.86 bits per heavy atom. The average Bonchev–Trinajstić information content (AvgIpc) is 1.69. The van der Waals surface area contributed by atoms with Crippen LogP contribution in [0.15, 0.2) is 6.08 Å². The molecular weight excluding hydrogens is 84.1 g/mol. The highest BCUT2D eigenvalue weighted by atomic mass is 14.1. The molecule has 0 heterocycles. The molecule has 1 rings (SSSR count). The van der Waals surface area contributed by atoms with E-state index >= 15 is 0 Å². The van der Waals surface area contributed by atoms with Crippen molar-refractivity contribution in [2.45, 2.75) is 26.2 Å². The first-order valence-corrected chi connectivity index (χ1v) is 2.94. The number of hydrogen-bond donors (Lipinski definition) is 0. The van der Waals surface area contributed by atoms with Gasteiger partial charge in [0.15, 0.2) is 0 Å². The molecule has 0 spiro atoms. The number of allylic oxidation sites excluding steroid dienone is 2. The van der Waals surface area contributed by atoms with E-state index in [-0.39, 0.29) is 0 Å². The molecule has 0 aromatic carbocycles. The van der Waals surface area contributed by atoms with E-state index in [0.29, 0.717) is 0 Å². The summed E-state index contributed by atoms with van der Waals surface area (Å²) in [5.74, 6) is 0.918. The van der Waals surface area contributed by atoms with Crippen LogP contribution in [0.5, 0.6) is 0 Å². The Balaban J connectivity index is 2.32. The molecule has 0 amide bonds. The summed E-state index contributed by atoms with van der Waals surface area (Å²) in [6, 6.07) is 0. The van der Waals surface area contributed by atoms with Crippen LogP contribution >= 0.6 is 0 Å². The number of rotatable bonds is 0. The van der Waals surface area contributed by atoms with Crippen LogP contribution in [-0.2, 0) is 0 Å². The normalized spacial score (nSPS) is 30.7. The fraction of sp³-hybridized carbons (Fsp3) is 0.714. The lowest BCUT2D eigenvalue weighted by Crippen LogP contribution is -1.95. The van der Waals surface area contributed by atoms with Crippen LogP contribution in [0, 0.1) is 12.0 Å². The van der Waals surface area contributed by atoms with Gasteiger partial charge in [0.05, 0.1) is 0 Å². The van der Waals surface area contributed by atoms with Crippen molar-refractivity contribution in [2.75, 3.05) is 0 Å². The summed E-state index contributed by atoms with van der Waals surface area (Å²) < 4.78 is 0. The molecule has 1 aliphatic carbocycles. The van der Waals surface area contributed by atoms with Gasteiger partial charge < -0.3 is 0 Å². The van der Waals surface area contributed by atoms with Gasteiger partial charge in [-0.3, -0.25) is 0 Å². The van der Waals surface area contributed by atoms with Gasteiger partial charge in [-0.15, -0.1) is 0 Å². The minimum atomic E-state index is 0.918. The fourth-order valence-corrected chi connectivity index (χ4v) is 0.834. The Hall–Kier alpha value is -0.260. The van der Waals surface area contributed by atoms with Crippen molar-refractivity contribution in [3.8, 4) is 0 Å². The fourth-order valence-electron chi connectivity index (χ4n) is 0.834. The second kappa shape index (κ2) is 2.15. The summed E-state index contributed by atoms with van der Waals surface area (Å²) in [5.41, 5.74) is 0. The second-order valence-electron chi connectivity index (χ2n) is 2.29. The molecule has 0 unspecified atom stereocenters. The van der Waals surface area contributed by atoms with Crippen LogP contribution in [0.4, 0.5) is 0 Å². The minimum Gasteiger partial charge on any atom is -0.0808 e. The summed E-state index contributed by atoms with van der Waals surface area (Å²) in [6.45, 7) is 2.29. The Morgan fingerprint density at radius 2 is 2.57 bits per heavy atom. The van der Waals surface area contributed by atoms with E-state index in [4.69, 9.17) is 0 Å². The van der Waals surface area contributed by atoms with Gasteiger partial charge in [-0.05, 0) is 31.3 Å². The molecule has 0 aromatic rings. The molecule has 0 heteroatoms. The highest BCUT2D eigenvalue weighted by Crippen LogP contribution is 2.15. The zero-order valence-electron chi connectivity index (χ0n) is 4.78. The third-order valence-corrected chi connectivity index (χ3v) is 1.45. The predicted molar refractivity (Wildman–Crippen MR) is 30.8 cm³/mol. The molecule has 0 fully saturated rings. The monoisotopic (exact) mass is 95.1 g/mol. The average molecular weight is 95.2 g/mol. The lowest BCUT2D eigenvalue weighted by Gasteiger charge is -2.09. The SMILES string of the molecule is C[C@H]1CC=[C]CC1. The van der Waals surface area contributed by atoms with Crippen LogP contribution in [0.25, 0.3) is 0 Å². The maximum atomic E-state index is 3.19. The van der Waals surface area contributed by atoms with Gasteiger partial charge in [0.2, 0.25) is 0 Å². The van der Waals surface area contributed by atoms with Gasteiger partial charge in [-0.25, -0.2) is 0 Å². The van der Waals surface area contributed by atoms with Crippen LogP contribution in [-0.4, -0.2) is 0 Å². The summed E-state index contributed by atoms with van der Waals surface area (Å²) in [6.07, 6.45) is 9.13. The summed E-state index contributed by atoms with van der Waals surface area (Å²) in [5, 5.41) is 0. The largest absolute Gasteiger partial charge is 0.0808 e. The van der Waals surface area contributed by atoms with Crippen molar-refractivity contribution in [1.29, 1.82) is 0 Å². The highest BCUT2D eigenvalue weighted by molar-refractivity contribution is 4.81. The molecular formula is C7H11. The maximum absolute atomic E-state index is 3.19. The molecule has 0 saturated heterocycles. The lowest BCUT2D eigenvalue weighted by molar-refractivity contribution is 0.521. The van der Waals surface area contributed by atoms with Gasteiger partial charge in [0.25, 0.3) is 0 Å². The first-order valence-electron chi connectivity index (χ1n) is 2.94. The van der Waals surface area contributed by atoms with E-state index in [1.165, 1.54) is 19.3 Å². The first kappa shape index (κ1) is 4.89. The van der Waals surface area contributed by atoms with Crippen LogP contribution in [0.1, 0.15) is 26.2 Å². The maximum Gasteiger partial charge on any atom is -0.0277 e. The van der Waals surface area contributed by atoms with Crippen molar-refractivity contribution >= 4 is 0 Å². The van der Waals surface area contributed by atoms with Crippen molar-refractivity contribution < 1.29 is 0 Å². The molecule has 0 aromatic heterocycles. The Kier molecular flexibility index (Phi) is 1.50. The Bertz CT molecular complexity index is 72.1. The minimum absolute atomic E-state index is 0.918. The Morgan fingerprint density at radius 1 is 1.71 bits per heavy atom. The van der Waals surface area contributed by atoms with E-state index in [2.05, 4.69) is 19.1 Å². The van der Waals surface area contributed by atoms with Crippen LogP contribution in [0.2, 0.25) is 0 Å². The molecule has 7 heavy (non-hydrogen) atoms. The van der Waals surface area contributed by atoms with E-state index in [1.54, 1.807) is 0 Å². The van der Waals surface area contributed by atoms with E-state index in [9.17, 15) is 0 Å². The molecule has 1 aliphatic rings. The predicted octanol–water partition coefficient (Wildman–Crippen LogP) is 2.17. The molecule has 0 saturated carbocycles. The van der Waals surface area contributed by atoms with Crippen molar-refractivity contribution in [2.24, 2.45) is 5.92 Å². The zero-order valence-corrected chi connectivity index (χ0v) is 4.78. The van der Waals surface area contributed by atoms with Gasteiger partial charge >= 0.3 is 0 Å². The smallest absolute Gasteiger partial charge is 0.0277 e. The third kappa shape index (κ3) is 1.34. The second-order valence-corrected chi connectivity index (χ2v) is 2.29. The molecule has 0 aliphatic heterocycles. The van der Waals surface area contributed by atoms with Gasteiger partial charge in [-0.1, -0.05) is 13.0 Å².